The predicted octanol–water partition coefficient (Wildman–Crippen LogP) is 4.86. The summed E-state index contributed by atoms with van der Waals surface area (Å²) in [4.78, 5) is 35.1. The molecule has 0 bridgehead atoms. The van der Waals surface area contributed by atoms with Gasteiger partial charge in [0, 0.05) is 17.2 Å². The van der Waals surface area contributed by atoms with E-state index in [4.69, 9.17) is 4.98 Å². The molecule has 0 aliphatic carbocycles. The molecule has 0 fully saturated rings. The van der Waals surface area contributed by atoms with Gasteiger partial charge < -0.3 is 4.57 Å². The molecule has 0 spiro atoms. The van der Waals surface area contributed by atoms with Gasteiger partial charge in [-0.05, 0) is 31.0 Å². The van der Waals surface area contributed by atoms with Crippen LogP contribution in [0.3, 0.4) is 0 Å². The molecule has 0 radical (unpaired) electrons. The highest BCUT2D eigenvalue weighted by molar-refractivity contribution is 9.11. The summed E-state index contributed by atoms with van der Waals surface area (Å²) >= 11 is 3.38. The minimum Gasteiger partial charge on any atom is -0.309 e. The van der Waals surface area contributed by atoms with Crippen molar-refractivity contribution < 1.29 is 4.79 Å². The number of unbranched alkanes of at least 4 members (excludes halogenated alkanes) is 2. The van der Waals surface area contributed by atoms with Crippen LogP contribution < -0.4 is 11.0 Å². The van der Waals surface area contributed by atoms with Gasteiger partial charge in [-0.2, -0.15) is 10.3 Å². The van der Waals surface area contributed by atoms with Crippen LogP contribution in [-0.2, 0) is 11.3 Å². The maximum Gasteiger partial charge on any atom is 0.267 e. The van der Waals surface area contributed by atoms with Gasteiger partial charge in [0.1, 0.15) is 17.4 Å². The summed E-state index contributed by atoms with van der Waals surface area (Å²) in [5.74, 6) is -0.413. The molecule has 34 heavy (non-hydrogen) atoms. The fraction of sp³-hybridized carbons (Fsp3) is 0.269. The number of fused-ring (bicyclic) bond motifs is 2. The Hall–Kier alpha value is -3.57. The van der Waals surface area contributed by atoms with E-state index in [1.165, 1.54) is 10.5 Å². The van der Waals surface area contributed by atoms with Crippen LogP contribution in [-0.4, -0.2) is 19.9 Å². The number of rotatable bonds is 8. The molecule has 3 aromatic rings. The molecular formula is C26H26BrN5O2. The summed E-state index contributed by atoms with van der Waals surface area (Å²) in [7, 11) is 0. The Bertz CT molecular complexity index is 1490. The van der Waals surface area contributed by atoms with Crippen molar-refractivity contribution >= 4 is 38.5 Å². The molecule has 8 heteroatoms. The molecule has 3 heterocycles. The number of carbonyl (C=O) groups excluding carboxylic acids is 1. The number of aryl methyl sites for hydroxylation is 2. The van der Waals surface area contributed by atoms with E-state index >= 15 is 0 Å². The third-order valence-corrected chi connectivity index (χ3v) is 5.83. The highest BCUT2D eigenvalue weighted by Crippen LogP contribution is 2.15. The van der Waals surface area contributed by atoms with Crippen LogP contribution in [0, 0.1) is 18.3 Å². The Labute approximate surface area is 206 Å². The molecule has 0 aromatic carbocycles. The summed E-state index contributed by atoms with van der Waals surface area (Å²) in [5, 5.41) is 10.2. The molecule has 0 N–H and O–H groups in total. The van der Waals surface area contributed by atoms with Crippen LogP contribution in [0.25, 0.3) is 16.7 Å². The summed E-state index contributed by atoms with van der Waals surface area (Å²) in [6, 6.07) is 7.27. The number of halogens is 1. The van der Waals surface area contributed by atoms with E-state index in [1.807, 2.05) is 13.0 Å². The van der Waals surface area contributed by atoms with E-state index in [9.17, 15) is 14.9 Å². The summed E-state index contributed by atoms with van der Waals surface area (Å²) in [6.07, 6.45) is 11.3. The number of pyridine rings is 2. The van der Waals surface area contributed by atoms with Crippen molar-refractivity contribution in [2.45, 2.75) is 46.1 Å². The first-order chi connectivity index (χ1) is 16.4. The molecule has 0 saturated carbocycles. The van der Waals surface area contributed by atoms with E-state index in [-0.39, 0.29) is 23.0 Å². The molecule has 0 atom stereocenters. The van der Waals surface area contributed by atoms with Gasteiger partial charge in [0.15, 0.2) is 5.49 Å². The molecule has 7 nitrogen and oxygen atoms in total. The first kappa shape index (κ1) is 25.1. The largest absolute Gasteiger partial charge is 0.309 e. The normalized spacial score (nSPS) is 12.5. The number of amides is 1. The van der Waals surface area contributed by atoms with Crippen molar-refractivity contribution in [3.63, 3.8) is 0 Å². The molecule has 1 amide bonds. The van der Waals surface area contributed by atoms with Gasteiger partial charge in [0.25, 0.3) is 11.5 Å². The van der Waals surface area contributed by atoms with Crippen molar-refractivity contribution in [2.75, 3.05) is 0 Å². The Balaban J connectivity index is 2.29. The van der Waals surface area contributed by atoms with E-state index in [0.29, 0.717) is 27.7 Å². The third kappa shape index (κ3) is 5.49. The lowest BCUT2D eigenvalue weighted by Crippen LogP contribution is -2.29. The van der Waals surface area contributed by atoms with Crippen molar-refractivity contribution in [3.8, 4) is 6.07 Å². The first-order valence-corrected chi connectivity index (χ1v) is 11.9. The summed E-state index contributed by atoms with van der Waals surface area (Å²) < 4.78 is 3.87. The van der Waals surface area contributed by atoms with Gasteiger partial charge in [-0.25, -0.2) is 4.98 Å². The Kier molecular flexibility index (Phi) is 8.50. The second-order valence-electron chi connectivity index (χ2n) is 7.81. The predicted molar refractivity (Wildman–Crippen MR) is 137 cm³/mol. The second kappa shape index (κ2) is 11.5. The maximum absolute atomic E-state index is 13.3. The minimum absolute atomic E-state index is 0.0340. The van der Waals surface area contributed by atoms with Crippen molar-refractivity contribution in [2.24, 2.45) is 4.99 Å². The van der Waals surface area contributed by atoms with Crippen LogP contribution >= 0.6 is 15.9 Å². The van der Waals surface area contributed by atoms with Crippen LogP contribution in [0.2, 0.25) is 0 Å². The van der Waals surface area contributed by atoms with Crippen LogP contribution in [0.1, 0.15) is 43.7 Å². The van der Waals surface area contributed by atoms with E-state index in [2.05, 4.69) is 40.5 Å². The highest BCUT2D eigenvalue weighted by atomic mass is 79.9. The standard InChI is InChI=1S/C26H26BrN5O2/c1-4-6-8-12-20(27)16-22(33)29-24-19(17-28)15-21-25(31(24)13-9-7-5-2)30-23-18(3)11-10-14-32(23)26(21)34/h4,6,8,10-12,14-15H,1,5,7,9,13,16H2,2-3H3/b8-6+,20-12-,29-24?. The van der Waals surface area contributed by atoms with Gasteiger partial charge in [0.05, 0.1) is 17.4 Å². The summed E-state index contributed by atoms with van der Waals surface area (Å²) in [5.41, 5.74) is 1.93. The number of hydrogen-bond donors (Lipinski definition) is 0. The minimum atomic E-state index is -0.413. The van der Waals surface area contributed by atoms with E-state index < -0.39 is 5.91 Å². The molecule has 174 valence electrons. The first-order valence-electron chi connectivity index (χ1n) is 11.1. The number of carbonyl (C=O) groups is 1. The van der Waals surface area contributed by atoms with Gasteiger partial charge in [-0.15, -0.1) is 0 Å². The van der Waals surface area contributed by atoms with Gasteiger partial charge in [0.2, 0.25) is 0 Å². The van der Waals surface area contributed by atoms with E-state index in [0.717, 1.165) is 24.8 Å². The fourth-order valence-corrected chi connectivity index (χ4v) is 4.01. The zero-order valence-corrected chi connectivity index (χ0v) is 20.9. The molecule has 0 aliphatic heterocycles. The lowest BCUT2D eigenvalue weighted by molar-refractivity contribution is -0.117. The Morgan fingerprint density at radius 2 is 2.12 bits per heavy atom. The maximum atomic E-state index is 13.3. The molecule has 3 rings (SSSR count). The van der Waals surface area contributed by atoms with Crippen LogP contribution in [0.15, 0.2) is 69.5 Å². The zero-order chi connectivity index (χ0) is 24.7. The second-order valence-corrected chi connectivity index (χ2v) is 8.83. The smallest absolute Gasteiger partial charge is 0.267 e. The Morgan fingerprint density at radius 3 is 2.82 bits per heavy atom. The van der Waals surface area contributed by atoms with Crippen molar-refractivity contribution in [1.82, 2.24) is 14.0 Å². The monoisotopic (exact) mass is 519 g/mol. The quantitative estimate of drug-likeness (QED) is 0.241. The third-order valence-electron chi connectivity index (χ3n) is 5.29. The number of nitriles is 1. The molecule has 3 aromatic heterocycles. The zero-order valence-electron chi connectivity index (χ0n) is 19.3. The van der Waals surface area contributed by atoms with Crippen LogP contribution in [0.4, 0.5) is 0 Å². The molecule has 0 aliphatic rings. The highest BCUT2D eigenvalue weighted by Gasteiger charge is 2.16. The average Bonchev–Trinajstić information content (AvgIpc) is 2.81. The molecular weight excluding hydrogens is 494 g/mol. The van der Waals surface area contributed by atoms with Crippen molar-refractivity contribution in [1.29, 1.82) is 5.26 Å². The molecule has 0 unspecified atom stereocenters. The lowest BCUT2D eigenvalue weighted by atomic mass is 10.2. The number of aromatic nitrogens is 3. The number of nitrogens with zero attached hydrogens (tertiary/aromatic N) is 5. The van der Waals surface area contributed by atoms with Crippen molar-refractivity contribution in [3.05, 3.63) is 86.7 Å². The molecule has 0 saturated heterocycles. The topological polar surface area (TPSA) is 92.5 Å². The SMILES string of the molecule is C=C/C=C/C=C(\Br)CC(=O)N=c1c(C#N)cc2c(=O)n3cccc(C)c3nc2n1CCCCC. The average molecular weight is 520 g/mol. The van der Waals surface area contributed by atoms with Crippen LogP contribution in [0.5, 0.6) is 0 Å². The van der Waals surface area contributed by atoms with Gasteiger partial charge in [-0.1, -0.05) is 72.6 Å². The van der Waals surface area contributed by atoms with Gasteiger partial charge >= 0.3 is 0 Å². The number of hydrogen-bond acceptors (Lipinski definition) is 4. The fourth-order valence-electron chi connectivity index (χ4n) is 3.62. The Morgan fingerprint density at radius 1 is 1.32 bits per heavy atom. The lowest BCUT2D eigenvalue weighted by Gasteiger charge is -2.14. The summed E-state index contributed by atoms with van der Waals surface area (Å²) in [6.45, 7) is 8.07. The van der Waals surface area contributed by atoms with E-state index in [1.54, 1.807) is 41.1 Å². The van der Waals surface area contributed by atoms with Gasteiger partial charge in [-0.3, -0.25) is 14.0 Å². The number of allylic oxidation sites excluding steroid dienone is 4.